The third-order valence-electron chi connectivity index (χ3n) is 2.54. The molecule has 5 heteroatoms. The van der Waals surface area contributed by atoms with Crippen LogP contribution < -0.4 is 5.32 Å². The van der Waals surface area contributed by atoms with Crippen LogP contribution in [0.15, 0.2) is 34.9 Å². The molecule has 1 N–H and O–H groups in total. The molecule has 1 aromatic carbocycles. The summed E-state index contributed by atoms with van der Waals surface area (Å²) in [5.41, 5.74) is 1.27. The lowest BCUT2D eigenvalue weighted by Crippen LogP contribution is -2.24. The summed E-state index contributed by atoms with van der Waals surface area (Å²) in [5.74, 6) is -0.355. The van der Waals surface area contributed by atoms with Gasteiger partial charge >= 0.3 is 6.03 Å². The number of nitrogens with one attached hydrogen (secondary N) is 1. The highest BCUT2D eigenvalue weighted by Crippen LogP contribution is 2.18. The highest BCUT2D eigenvalue weighted by molar-refractivity contribution is 7.98. The normalized spacial score (nSPS) is 17.8. The second-order valence-corrected chi connectivity index (χ2v) is 4.50. The van der Waals surface area contributed by atoms with Gasteiger partial charge in [0, 0.05) is 11.9 Å². The summed E-state index contributed by atoms with van der Waals surface area (Å²) in [6.07, 6.45) is 3.70. The molecular weight excluding hydrogens is 236 g/mol. The lowest BCUT2D eigenvalue weighted by molar-refractivity contribution is -0.115. The van der Waals surface area contributed by atoms with Crippen LogP contribution in [0.3, 0.4) is 0 Å². The van der Waals surface area contributed by atoms with E-state index in [9.17, 15) is 9.59 Å². The number of rotatable bonds is 2. The fraction of sp³-hybridized carbons (Fsp3) is 0.167. The number of thioether (sulfide) groups is 1. The van der Waals surface area contributed by atoms with Crippen molar-refractivity contribution < 1.29 is 9.59 Å². The zero-order valence-electron chi connectivity index (χ0n) is 9.56. The Bertz CT molecular complexity index is 494. The monoisotopic (exact) mass is 248 g/mol. The summed E-state index contributed by atoms with van der Waals surface area (Å²) in [5, 5.41) is 2.24. The lowest BCUT2D eigenvalue weighted by atomic mass is 10.2. The number of carbonyl (C=O) groups is 2. The number of carbonyl (C=O) groups excluding carboxylic acids is 2. The average Bonchev–Trinajstić information content (AvgIpc) is 2.57. The van der Waals surface area contributed by atoms with Crippen LogP contribution in [0.1, 0.15) is 5.56 Å². The molecule has 0 aliphatic carbocycles. The molecule has 1 saturated heterocycles. The molecule has 1 fully saturated rings. The van der Waals surface area contributed by atoms with E-state index in [1.54, 1.807) is 24.9 Å². The smallest absolute Gasteiger partial charge is 0.292 e. The van der Waals surface area contributed by atoms with E-state index in [2.05, 4.69) is 5.32 Å². The molecule has 17 heavy (non-hydrogen) atoms. The van der Waals surface area contributed by atoms with E-state index in [4.69, 9.17) is 0 Å². The van der Waals surface area contributed by atoms with Gasteiger partial charge in [0.2, 0.25) is 0 Å². The topological polar surface area (TPSA) is 49.4 Å². The van der Waals surface area contributed by atoms with Crippen LogP contribution in [0.5, 0.6) is 0 Å². The van der Waals surface area contributed by atoms with Crippen molar-refractivity contribution in [2.45, 2.75) is 4.90 Å². The fourth-order valence-electron chi connectivity index (χ4n) is 1.53. The minimum absolute atomic E-state index is 0.355. The maximum Gasteiger partial charge on any atom is 0.328 e. The number of urea groups is 1. The Balaban J connectivity index is 2.29. The van der Waals surface area contributed by atoms with Crippen molar-refractivity contribution >= 4 is 29.8 Å². The fourth-order valence-corrected chi connectivity index (χ4v) is 1.94. The molecule has 4 nitrogen and oxygen atoms in total. The number of hydrogen-bond acceptors (Lipinski definition) is 3. The van der Waals surface area contributed by atoms with Gasteiger partial charge in [-0.25, -0.2) is 4.79 Å². The van der Waals surface area contributed by atoms with E-state index in [-0.39, 0.29) is 11.9 Å². The first-order valence-corrected chi connectivity index (χ1v) is 6.29. The molecule has 0 spiro atoms. The van der Waals surface area contributed by atoms with Gasteiger partial charge in [-0.05, 0) is 30.0 Å². The van der Waals surface area contributed by atoms with E-state index in [1.807, 2.05) is 30.5 Å². The van der Waals surface area contributed by atoms with Crippen LogP contribution in [-0.2, 0) is 4.79 Å². The highest BCUT2D eigenvalue weighted by atomic mass is 32.2. The van der Waals surface area contributed by atoms with Crippen molar-refractivity contribution in [3.63, 3.8) is 0 Å². The second-order valence-electron chi connectivity index (χ2n) is 3.62. The number of hydrogen-bond donors (Lipinski definition) is 1. The Morgan fingerprint density at radius 1 is 1.24 bits per heavy atom. The third kappa shape index (κ3) is 2.34. The quantitative estimate of drug-likeness (QED) is 0.494. The van der Waals surface area contributed by atoms with E-state index < -0.39 is 0 Å². The SMILES string of the molecule is CSc1ccc(C=C2C(=O)NC(=O)N2C)cc1. The summed E-state index contributed by atoms with van der Waals surface area (Å²) in [4.78, 5) is 25.2. The van der Waals surface area contributed by atoms with Crippen molar-refractivity contribution in [2.75, 3.05) is 13.3 Å². The second kappa shape index (κ2) is 4.63. The molecule has 2 rings (SSSR count). The first kappa shape index (κ1) is 11.7. The van der Waals surface area contributed by atoms with Crippen molar-refractivity contribution in [3.8, 4) is 0 Å². The Labute approximate surface area is 104 Å². The van der Waals surface area contributed by atoms with Gasteiger partial charge in [-0.1, -0.05) is 12.1 Å². The van der Waals surface area contributed by atoms with Gasteiger partial charge in [0.25, 0.3) is 5.91 Å². The van der Waals surface area contributed by atoms with Crippen LogP contribution in [0.25, 0.3) is 6.08 Å². The zero-order chi connectivity index (χ0) is 12.4. The summed E-state index contributed by atoms with van der Waals surface area (Å²) < 4.78 is 0. The molecule has 1 heterocycles. The largest absolute Gasteiger partial charge is 0.328 e. The predicted molar refractivity (Wildman–Crippen MR) is 67.5 cm³/mol. The van der Waals surface area contributed by atoms with Crippen molar-refractivity contribution in [2.24, 2.45) is 0 Å². The summed E-state index contributed by atoms with van der Waals surface area (Å²) in [6.45, 7) is 0. The van der Waals surface area contributed by atoms with Gasteiger partial charge in [-0.3, -0.25) is 15.0 Å². The van der Waals surface area contributed by atoms with Crippen molar-refractivity contribution in [1.29, 1.82) is 0 Å². The minimum Gasteiger partial charge on any atom is -0.292 e. The van der Waals surface area contributed by atoms with E-state index in [1.165, 1.54) is 4.90 Å². The van der Waals surface area contributed by atoms with Gasteiger partial charge in [-0.2, -0.15) is 0 Å². The molecule has 3 amide bonds. The van der Waals surface area contributed by atoms with Crippen LogP contribution in [0.2, 0.25) is 0 Å². The molecule has 0 unspecified atom stereocenters. The van der Waals surface area contributed by atoms with Gasteiger partial charge < -0.3 is 0 Å². The van der Waals surface area contributed by atoms with Crippen molar-refractivity contribution in [1.82, 2.24) is 10.2 Å². The Hall–Kier alpha value is -1.75. The third-order valence-corrected chi connectivity index (χ3v) is 3.28. The van der Waals surface area contributed by atoms with Gasteiger partial charge in [0.1, 0.15) is 5.70 Å². The molecule has 0 bridgehead atoms. The summed E-state index contributed by atoms with van der Waals surface area (Å²) in [6, 6.07) is 7.41. The van der Waals surface area contributed by atoms with Crippen LogP contribution in [-0.4, -0.2) is 30.1 Å². The number of benzene rings is 1. The molecule has 0 saturated carbocycles. The summed E-state index contributed by atoms with van der Waals surface area (Å²) >= 11 is 1.66. The average molecular weight is 248 g/mol. The van der Waals surface area contributed by atoms with Crippen LogP contribution >= 0.6 is 11.8 Å². The number of imide groups is 1. The molecule has 1 aromatic rings. The molecule has 0 radical (unpaired) electrons. The van der Waals surface area contributed by atoms with Crippen molar-refractivity contribution in [3.05, 3.63) is 35.5 Å². The molecule has 88 valence electrons. The first-order valence-electron chi connectivity index (χ1n) is 5.06. The Kier molecular flexibility index (Phi) is 3.19. The number of nitrogens with zero attached hydrogens (tertiary/aromatic N) is 1. The molecule has 1 aliphatic rings. The van der Waals surface area contributed by atoms with Crippen LogP contribution in [0, 0.1) is 0 Å². The predicted octanol–water partition coefficient (Wildman–Crippen LogP) is 1.93. The Morgan fingerprint density at radius 2 is 1.88 bits per heavy atom. The summed E-state index contributed by atoms with van der Waals surface area (Å²) in [7, 11) is 1.57. The maximum atomic E-state index is 11.5. The van der Waals surface area contributed by atoms with E-state index in [0.717, 1.165) is 10.5 Å². The molecule has 1 aliphatic heterocycles. The molecule has 0 aromatic heterocycles. The number of amides is 3. The van der Waals surface area contributed by atoms with Crippen LogP contribution in [0.4, 0.5) is 4.79 Å². The van der Waals surface area contributed by atoms with E-state index >= 15 is 0 Å². The highest BCUT2D eigenvalue weighted by Gasteiger charge is 2.29. The van der Waals surface area contributed by atoms with E-state index in [0.29, 0.717) is 5.70 Å². The standard InChI is InChI=1S/C12H12N2O2S/c1-14-10(11(15)13-12(14)16)7-8-3-5-9(17-2)6-4-8/h3-7H,1-2H3,(H,13,15,16). The molecule has 0 atom stereocenters. The maximum absolute atomic E-state index is 11.5. The van der Waals surface area contributed by atoms with Gasteiger partial charge in [-0.15, -0.1) is 11.8 Å². The lowest BCUT2D eigenvalue weighted by Gasteiger charge is -2.06. The number of likely N-dealkylation sites (N-methyl/N-ethyl adjacent to an activating group) is 1. The zero-order valence-corrected chi connectivity index (χ0v) is 10.4. The molecular formula is C12H12N2O2S. The Morgan fingerprint density at radius 3 is 2.35 bits per heavy atom. The minimum atomic E-state index is -0.387. The van der Waals surface area contributed by atoms with Gasteiger partial charge in [0.15, 0.2) is 0 Å². The first-order chi connectivity index (χ1) is 8.11. The van der Waals surface area contributed by atoms with Gasteiger partial charge in [0.05, 0.1) is 0 Å².